The van der Waals surface area contributed by atoms with Gasteiger partial charge in [-0.15, -0.1) is 0 Å². The Kier molecular flexibility index (Phi) is 4.73. The first-order valence-corrected chi connectivity index (χ1v) is 5.53. The maximum atomic E-state index is 13.4. The highest BCUT2D eigenvalue weighted by atomic mass is 32.1. The molecule has 0 atom stereocenters. The lowest BCUT2D eigenvalue weighted by molar-refractivity contribution is 0.422. The van der Waals surface area contributed by atoms with Crippen LogP contribution in [0.2, 0.25) is 0 Å². The SMILES string of the molecule is C=C(C)/C(O)=C(\C#N)C(=S)Nc1ccc(F)cc1F. The molecule has 1 aromatic rings. The Bertz CT molecular complexity index is 618. The highest BCUT2D eigenvalue weighted by Crippen LogP contribution is 2.18. The number of hydrogen-bond donors (Lipinski definition) is 2. The standard InChI is InChI=1S/C13H10F2N2OS/c1-7(2)12(18)9(6-16)13(19)17-11-4-3-8(14)5-10(11)15/h3-5,18H,1H2,2H3,(H,17,19)/b12-9-. The predicted octanol–water partition coefficient (Wildman–Crippen LogP) is 3.62. The lowest BCUT2D eigenvalue weighted by Crippen LogP contribution is -2.14. The molecule has 3 nitrogen and oxygen atoms in total. The van der Waals surface area contributed by atoms with Gasteiger partial charge in [-0.3, -0.25) is 0 Å². The van der Waals surface area contributed by atoms with Gasteiger partial charge in [-0.05, 0) is 24.6 Å². The minimum Gasteiger partial charge on any atom is -0.506 e. The molecular formula is C13H10F2N2OS. The molecule has 0 spiro atoms. The summed E-state index contributed by atoms with van der Waals surface area (Å²) in [4.78, 5) is -0.173. The summed E-state index contributed by atoms with van der Waals surface area (Å²) >= 11 is 4.89. The summed E-state index contributed by atoms with van der Waals surface area (Å²) in [6.45, 7) is 4.97. The maximum Gasteiger partial charge on any atom is 0.149 e. The van der Waals surface area contributed by atoms with Gasteiger partial charge in [0.2, 0.25) is 0 Å². The van der Waals surface area contributed by atoms with Crippen molar-refractivity contribution >= 4 is 22.9 Å². The van der Waals surface area contributed by atoms with E-state index in [-0.39, 0.29) is 27.6 Å². The summed E-state index contributed by atoms with van der Waals surface area (Å²) in [6, 6.07) is 4.57. The van der Waals surface area contributed by atoms with Crippen molar-refractivity contribution in [2.24, 2.45) is 0 Å². The molecular weight excluding hydrogens is 270 g/mol. The van der Waals surface area contributed by atoms with Crippen LogP contribution in [0.3, 0.4) is 0 Å². The molecule has 2 N–H and O–H groups in total. The molecule has 6 heteroatoms. The molecule has 0 bridgehead atoms. The van der Waals surface area contributed by atoms with Crippen molar-refractivity contribution in [3.63, 3.8) is 0 Å². The second-order valence-electron chi connectivity index (χ2n) is 3.69. The van der Waals surface area contributed by atoms with Gasteiger partial charge in [0.25, 0.3) is 0 Å². The first kappa shape index (κ1) is 14.8. The van der Waals surface area contributed by atoms with Crippen LogP contribution in [0.5, 0.6) is 0 Å². The van der Waals surface area contributed by atoms with Crippen molar-refractivity contribution < 1.29 is 13.9 Å². The highest BCUT2D eigenvalue weighted by Gasteiger charge is 2.14. The van der Waals surface area contributed by atoms with E-state index in [9.17, 15) is 13.9 Å². The van der Waals surface area contributed by atoms with E-state index in [4.69, 9.17) is 17.5 Å². The van der Waals surface area contributed by atoms with E-state index in [0.29, 0.717) is 6.07 Å². The van der Waals surface area contributed by atoms with E-state index in [0.717, 1.165) is 12.1 Å². The Morgan fingerprint density at radius 3 is 2.58 bits per heavy atom. The smallest absolute Gasteiger partial charge is 0.149 e. The third kappa shape index (κ3) is 3.60. The lowest BCUT2D eigenvalue weighted by Gasteiger charge is -2.09. The summed E-state index contributed by atoms with van der Waals surface area (Å²) in [5, 5.41) is 21.0. The third-order valence-corrected chi connectivity index (χ3v) is 2.47. The van der Waals surface area contributed by atoms with Gasteiger partial charge in [-0.25, -0.2) is 8.78 Å². The van der Waals surface area contributed by atoms with Crippen molar-refractivity contribution in [2.45, 2.75) is 6.92 Å². The van der Waals surface area contributed by atoms with Crippen molar-refractivity contribution in [1.82, 2.24) is 0 Å². The molecule has 0 fully saturated rings. The minimum absolute atomic E-state index is 0.0892. The fourth-order valence-electron chi connectivity index (χ4n) is 1.20. The van der Waals surface area contributed by atoms with Gasteiger partial charge in [0.1, 0.15) is 34.0 Å². The fraction of sp³-hybridized carbons (Fsp3) is 0.0769. The topological polar surface area (TPSA) is 56.0 Å². The molecule has 19 heavy (non-hydrogen) atoms. The Hall–Kier alpha value is -2.26. The summed E-state index contributed by atoms with van der Waals surface area (Å²) in [7, 11) is 0. The van der Waals surface area contributed by atoms with Crippen LogP contribution in [0.1, 0.15) is 6.92 Å². The average molecular weight is 280 g/mol. The summed E-state index contributed by atoms with van der Waals surface area (Å²) in [6.07, 6.45) is 0. The van der Waals surface area contributed by atoms with Gasteiger partial charge in [0, 0.05) is 6.07 Å². The Labute approximate surface area is 114 Å². The van der Waals surface area contributed by atoms with Crippen LogP contribution in [-0.4, -0.2) is 10.1 Å². The second kappa shape index (κ2) is 6.07. The van der Waals surface area contributed by atoms with Crippen LogP contribution in [0.25, 0.3) is 0 Å². The second-order valence-corrected chi connectivity index (χ2v) is 4.10. The molecule has 0 aliphatic carbocycles. The Morgan fingerprint density at radius 1 is 1.47 bits per heavy atom. The Morgan fingerprint density at radius 2 is 2.11 bits per heavy atom. The zero-order valence-electron chi connectivity index (χ0n) is 10.00. The largest absolute Gasteiger partial charge is 0.506 e. The third-order valence-electron chi connectivity index (χ3n) is 2.16. The molecule has 0 radical (unpaired) electrons. The van der Waals surface area contributed by atoms with Gasteiger partial charge in [0.05, 0.1) is 5.69 Å². The van der Waals surface area contributed by atoms with Crippen LogP contribution < -0.4 is 5.32 Å². The number of anilines is 1. The number of nitrogens with zero attached hydrogens (tertiary/aromatic N) is 1. The summed E-state index contributed by atoms with van der Waals surface area (Å²) < 4.78 is 26.1. The number of nitriles is 1. The zero-order valence-corrected chi connectivity index (χ0v) is 10.8. The number of benzene rings is 1. The molecule has 0 heterocycles. The van der Waals surface area contributed by atoms with Crippen molar-refractivity contribution in [3.8, 4) is 6.07 Å². The lowest BCUT2D eigenvalue weighted by atomic mass is 10.1. The fourth-order valence-corrected chi connectivity index (χ4v) is 1.45. The molecule has 0 aromatic heterocycles. The molecule has 1 rings (SSSR count). The number of aliphatic hydroxyl groups excluding tert-OH is 1. The number of aliphatic hydroxyl groups is 1. The zero-order chi connectivity index (χ0) is 14.6. The van der Waals surface area contributed by atoms with Gasteiger partial charge >= 0.3 is 0 Å². The number of halogens is 2. The van der Waals surface area contributed by atoms with Crippen LogP contribution in [-0.2, 0) is 0 Å². The van der Waals surface area contributed by atoms with Gasteiger partial charge in [-0.2, -0.15) is 5.26 Å². The van der Waals surface area contributed by atoms with E-state index in [1.165, 1.54) is 6.92 Å². The minimum atomic E-state index is -0.852. The van der Waals surface area contributed by atoms with Crippen LogP contribution in [0, 0.1) is 23.0 Å². The van der Waals surface area contributed by atoms with Crippen LogP contribution in [0.15, 0.2) is 41.7 Å². The number of hydrogen-bond acceptors (Lipinski definition) is 3. The number of thiocarbonyl (C=S) groups is 1. The van der Waals surface area contributed by atoms with Crippen molar-refractivity contribution in [2.75, 3.05) is 5.32 Å². The molecule has 0 saturated heterocycles. The number of nitrogens with one attached hydrogen (secondary N) is 1. The van der Waals surface area contributed by atoms with Gasteiger partial charge in [-0.1, -0.05) is 18.8 Å². The van der Waals surface area contributed by atoms with E-state index >= 15 is 0 Å². The number of rotatable bonds is 3. The van der Waals surface area contributed by atoms with Crippen molar-refractivity contribution in [1.29, 1.82) is 5.26 Å². The molecule has 0 aliphatic rings. The highest BCUT2D eigenvalue weighted by molar-refractivity contribution is 7.81. The average Bonchev–Trinajstić information content (AvgIpc) is 2.33. The number of allylic oxidation sites excluding steroid dienone is 1. The molecule has 0 unspecified atom stereocenters. The van der Waals surface area contributed by atoms with Gasteiger partial charge < -0.3 is 10.4 Å². The molecule has 98 valence electrons. The van der Waals surface area contributed by atoms with E-state index in [1.54, 1.807) is 6.07 Å². The van der Waals surface area contributed by atoms with Crippen LogP contribution in [0.4, 0.5) is 14.5 Å². The maximum absolute atomic E-state index is 13.4. The van der Waals surface area contributed by atoms with Crippen molar-refractivity contribution in [3.05, 3.63) is 53.3 Å². The normalized spacial score (nSPS) is 11.3. The molecule has 0 amide bonds. The molecule has 1 aromatic carbocycles. The first-order chi connectivity index (χ1) is 8.86. The molecule has 0 saturated carbocycles. The summed E-state index contributed by atoms with van der Waals surface area (Å²) in [5.74, 6) is -1.95. The first-order valence-electron chi connectivity index (χ1n) is 5.12. The van der Waals surface area contributed by atoms with E-state index < -0.39 is 11.6 Å². The van der Waals surface area contributed by atoms with Crippen LogP contribution >= 0.6 is 12.2 Å². The quantitative estimate of drug-likeness (QED) is 0.292. The Balaban J connectivity index is 3.06. The predicted molar refractivity (Wildman–Crippen MR) is 72.7 cm³/mol. The summed E-state index contributed by atoms with van der Waals surface area (Å²) in [5.41, 5.74) is -0.0693. The van der Waals surface area contributed by atoms with E-state index in [1.807, 2.05) is 0 Å². The molecule has 0 aliphatic heterocycles. The van der Waals surface area contributed by atoms with Gasteiger partial charge in [0.15, 0.2) is 0 Å². The monoisotopic (exact) mass is 280 g/mol. The van der Waals surface area contributed by atoms with E-state index in [2.05, 4.69) is 11.9 Å².